The lowest BCUT2D eigenvalue weighted by atomic mass is 9.83. The van der Waals surface area contributed by atoms with E-state index >= 15 is 0 Å². The number of hydrogen-bond acceptors (Lipinski definition) is 8. The number of morpholine rings is 1. The Kier molecular flexibility index (Phi) is 6.63. The van der Waals surface area contributed by atoms with E-state index in [1.165, 1.54) is 5.56 Å². The summed E-state index contributed by atoms with van der Waals surface area (Å²) in [7, 11) is 0. The summed E-state index contributed by atoms with van der Waals surface area (Å²) < 4.78 is 7.33. The molecule has 2 fully saturated rings. The first-order valence-electron chi connectivity index (χ1n) is 13.5. The standard InChI is InChI=1S/C28H36N8O2/c1-19-5-4-6-20(17-19)22-9-12-36(33-22)27-31-25-24(26(32-27)35-13-15-38-16-14-35)29-23(30-25)18-34-10-7-21(8-11-34)28(2,3)37/h4-6,9,12,17,21,37H,7-8,10-11,13-16,18H2,1-3H3,(H,29,30,31,32). The number of imidazole rings is 1. The van der Waals surface area contributed by atoms with Gasteiger partial charge >= 0.3 is 0 Å². The molecule has 0 bridgehead atoms. The average Bonchev–Trinajstić information content (AvgIpc) is 3.56. The minimum absolute atomic E-state index is 0.328. The number of aromatic amines is 1. The van der Waals surface area contributed by atoms with Gasteiger partial charge in [0.05, 0.1) is 31.1 Å². The molecule has 0 radical (unpaired) electrons. The maximum Gasteiger partial charge on any atom is 0.254 e. The number of fused-ring (bicyclic) bond motifs is 1. The lowest BCUT2D eigenvalue weighted by Crippen LogP contribution is -2.41. The van der Waals surface area contributed by atoms with E-state index in [0.717, 1.165) is 67.4 Å². The zero-order valence-corrected chi connectivity index (χ0v) is 22.4. The summed E-state index contributed by atoms with van der Waals surface area (Å²) in [4.78, 5) is 22.8. The van der Waals surface area contributed by atoms with Crippen molar-refractivity contribution in [1.82, 2.24) is 34.6 Å². The number of nitrogens with one attached hydrogen (secondary N) is 1. The molecule has 0 unspecified atom stereocenters. The number of aromatic nitrogens is 6. The number of aryl methyl sites for hydroxylation is 1. The number of nitrogens with zero attached hydrogens (tertiary/aromatic N) is 7. The summed E-state index contributed by atoms with van der Waals surface area (Å²) in [5.74, 6) is 2.54. The van der Waals surface area contributed by atoms with E-state index in [1.807, 2.05) is 32.2 Å². The van der Waals surface area contributed by atoms with Gasteiger partial charge in [0, 0.05) is 24.8 Å². The van der Waals surface area contributed by atoms with Gasteiger partial charge in [-0.25, -0.2) is 9.67 Å². The van der Waals surface area contributed by atoms with Crippen LogP contribution in [0.4, 0.5) is 5.82 Å². The highest BCUT2D eigenvalue weighted by Crippen LogP contribution is 2.29. The summed E-state index contributed by atoms with van der Waals surface area (Å²) in [5, 5.41) is 15.2. The fourth-order valence-electron chi connectivity index (χ4n) is 5.50. The van der Waals surface area contributed by atoms with Crippen molar-refractivity contribution in [1.29, 1.82) is 0 Å². The third-order valence-corrected chi connectivity index (χ3v) is 7.75. The van der Waals surface area contributed by atoms with Crippen LogP contribution in [0.25, 0.3) is 28.4 Å². The van der Waals surface area contributed by atoms with Crippen molar-refractivity contribution < 1.29 is 9.84 Å². The quantitative estimate of drug-likeness (QED) is 0.402. The monoisotopic (exact) mass is 516 g/mol. The van der Waals surface area contributed by atoms with E-state index in [9.17, 15) is 5.11 Å². The van der Waals surface area contributed by atoms with E-state index in [-0.39, 0.29) is 0 Å². The summed E-state index contributed by atoms with van der Waals surface area (Å²) in [6.45, 7) is 11.4. The van der Waals surface area contributed by atoms with Gasteiger partial charge in [0.1, 0.15) is 11.3 Å². The van der Waals surface area contributed by atoms with Crippen LogP contribution >= 0.6 is 0 Å². The summed E-state index contributed by atoms with van der Waals surface area (Å²) >= 11 is 0. The largest absolute Gasteiger partial charge is 0.390 e. The van der Waals surface area contributed by atoms with Gasteiger partial charge in [0.2, 0.25) is 0 Å². The molecule has 10 nitrogen and oxygen atoms in total. The Labute approximate surface area is 222 Å². The molecule has 0 spiro atoms. The first kappa shape index (κ1) is 25.0. The molecule has 2 aliphatic rings. The highest BCUT2D eigenvalue weighted by molar-refractivity contribution is 5.84. The maximum absolute atomic E-state index is 10.4. The topological polar surface area (TPSA) is 108 Å². The van der Waals surface area contributed by atoms with Crippen molar-refractivity contribution in [2.75, 3.05) is 44.3 Å². The lowest BCUT2D eigenvalue weighted by molar-refractivity contribution is -0.0138. The Morgan fingerprint density at radius 2 is 1.84 bits per heavy atom. The number of ether oxygens (including phenoxy) is 1. The number of anilines is 1. The molecule has 38 heavy (non-hydrogen) atoms. The number of piperidine rings is 1. The van der Waals surface area contributed by atoms with Crippen LogP contribution in [0.5, 0.6) is 0 Å². The average molecular weight is 517 g/mol. The third kappa shape index (κ3) is 5.16. The second-order valence-electron chi connectivity index (χ2n) is 11.0. The fraction of sp³-hybridized carbons (Fsp3) is 0.500. The smallest absolute Gasteiger partial charge is 0.254 e. The molecule has 6 rings (SSSR count). The second-order valence-corrected chi connectivity index (χ2v) is 11.0. The van der Waals surface area contributed by atoms with Crippen LogP contribution in [-0.2, 0) is 11.3 Å². The highest BCUT2D eigenvalue weighted by atomic mass is 16.5. The Hall–Kier alpha value is -3.34. The lowest BCUT2D eigenvalue weighted by Gasteiger charge is -2.37. The van der Waals surface area contributed by atoms with Gasteiger partial charge in [-0.3, -0.25) is 4.90 Å². The molecule has 0 amide bonds. The predicted molar refractivity (Wildman–Crippen MR) is 146 cm³/mol. The summed E-state index contributed by atoms with van der Waals surface area (Å²) in [6, 6.07) is 10.3. The highest BCUT2D eigenvalue weighted by Gasteiger charge is 2.31. The Morgan fingerprint density at radius 1 is 1.05 bits per heavy atom. The van der Waals surface area contributed by atoms with Crippen molar-refractivity contribution in [2.45, 2.75) is 45.8 Å². The number of benzene rings is 1. The van der Waals surface area contributed by atoms with E-state index in [1.54, 1.807) is 4.68 Å². The third-order valence-electron chi connectivity index (χ3n) is 7.75. The molecule has 0 aliphatic carbocycles. The Morgan fingerprint density at radius 3 is 2.58 bits per heavy atom. The number of H-pyrrole nitrogens is 1. The van der Waals surface area contributed by atoms with Crippen LogP contribution in [0, 0.1) is 12.8 Å². The van der Waals surface area contributed by atoms with Crippen LogP contribution in [0.1, 0.15) is 38.1 Å². The summed E-state index contributed by atoms with van der Waals surface area (Å²) in [5.41, 5.74) is 4.00. The van der Waals surface area contributed by atoms with Gasteiger partial charge < -0.3 is 19.7 Å². The van der Waals surface area contributed by atoms with Crippen LogP contribution in [0.2, 0.25) is 0 Å². The van der Waals surface area contributed by atoms with E-state index in [2.05, 4.69) is 39.9 Å². The molecule has 0 atom stereocenters. The first-order chi connectivity index (χ1) is 18.3. The minimum atomic E-state index is -0.629. The van der Waals surface area contributed by atoms with Gasteiger partial charge in [-0.1, -0.05) is 23.8 Å². The molecule has 10 heteroatoms. The SMILES string of the molecule is Cc1cccc(-c2ccn(-c3nc(N4CCOCC4)c4[nH]c(CN5CCC(C(C)(C)O)CC5)nc4n3)n2)c1. The molecular formula is C28H36N8O2. The van der Waals surface area contributed by atoms with Crippen LogP contribution in [0.15, 0.2) is 36.5 Å². The van der Waals surface area contributed by atoms with Gasteiger partial charge in [-0.15, -0.1) is 0 Å². The van der Waals surface area contributed by atoms with Gasteiger partial charge in [-0.05, 0) is 64.8 Å². The first-order valence-corrected chi connectivity index (χ1v) is 13.5. The van der Waals surface area contributed by atoms with Crippen molar-refractivity contribution >= 4 is 17.0 Å². The number of hydrogen-bond donors (Lipinski definition) is 2. The molecular weight excluding hydrogens is 480 g/mol. The minimum Gasteiger partial charge on any atom is -0.390 e. The predicted octanol–water partition coefficient (Wildman–Crippen LogP) is 3.33. The van der Waals surface area contributed by atoms with Gasteiger partial charge in [0.25, 0.3) is 5.95 Å². The molecule has 2 N–H and O–H groups in total. The molecule has 2 saturated heterocycles. The second kappa shape index (κ2) is 10.1. The fourth-order valence-corrected chi connectivity index (χ4v) is 5.50. The molecule has 5 heterocycles. The van der Waals surface area contributed by atoms with Crippen molar-refractivity contribution in [3.63, 3.8) is 0 Å². The molecule has 4 aromatic rings. The van der Waals surface area contributed by atoms with Crippen LogP contribution < -0.4 is 4.90 Å². The zero-order valence-electron chi connectivity index (χ0n) is 22.4. The van der Waals surface area contributed by atoms with E-state index < -0.39 is 5.60 Å². The van der Waals surface area contributed by atoms with E-state index in [0.29, 0.717) is 37.3 Å². The molecule has 2 aliphatic heterocycles. The molecule has 3 aromatic heterocycles. The number of aliphatic hydroxyl groups is 1. The molecule has 0 saturated carbocycles. The number of rotatable bonds is 6. The normalized spacial score (nSPS) is 17.9. The van der Waals surface area contributed by atoms with Crippen LogP contribution in [-0.4, -0.2) is 84.7 Å². The number of likely N-dealkylation sites (tertiary alicyclic amines) is 1. The summed E-state index contributed by atoms with van der Waals surface area (Å²) in [6.07, 6.45) is 3.87. The Bertz CT molecular complexity index is 1410. The Balaban J connectivity index is 1.30. The maximum atomic E-state index is 10.4. The van der Waals surface area contributed by atoms with Gasteiger partial charge in [-0.2, -0.15) is 15.1 Å². The van der Waals surface area contributed by atoms with Crippen molar-refractivity contribution in [2.24, 2.45) is 5.92 Å². The molecule has 200 valence electrons. The van der Waals surface area contributed by atoms with Gasteiger partial charge in [0.15, 0.2) is 11.5 Å². The van der Waals surface area contributed by atoms with E-state index in [4.69, 9.17) is 24.8 Å². The zero-order chi connectivity index (χ0) is 26.3. The van der Waals surface area contributed by atoms with Crippen molar-refractivity contribution in [3.8, 4) is 17.2 Å². The van der Waals surface area contributed by atoms with Crippen molar-refractivity contribution in [3.05, 3.63) is 47.9 Å². The van der Waals surface area contributed by atoms with Crippen LogP contribution in [0.3, 0.4) is 0 Å². The molecule has 1 aromatic carbocycles.